The maximum atomic E-state index is 12.9. The Morgan fingerprint density at radius 1 is 1.09 bits per heavy atom. The molecule has 1 aliphatic rings. The summed E-state index contributed by atoms with van der Waals surface area (Å²) in [5.41, 5.74) is 6.80. The summed E-state index contributed by atoms with van der Waals surface area (Å²) in [5.74, 6) is -0.587. The van der Waals surface area contributed by atoms with Crippen molar-refractivity contribution in [1.29, 1.82) is 0 Å². The van der Waals surface area contributed by atoms with Gasteiger partial charge in [0.1, 0.15) is 0 Å². The summed E-state index contributed by atoms with van der Waals surface area (Å²) >= 11 is 0. The number of primary amides is 1. The van der Waals surface area contributed by atoms with Gasteiger partial charge in [0, 0.05) is 16.9 Å². The lowest BCUT2D eigenvalue weighted by Crippen LogP contribution is -2.30. The van der Waals surface area contributed by atoms with Crippen molar-refractivity contribution in [2.45, 2.75) is 6.18 Å². The summed E-state index contributed by atoms with van der Waals surface area (Å²) in [5, 5.41) is 0. The highest BCUT2D eigenvalue weighted by Crippen LogP contribution is 2.37. The maximum Gasteiger partial charge on any atom is 0.416 e. The molecular weight excluding hydrogens is 305 g/mol. The van der Waals surface area contributed by atoms with Crippen molar-refractivity contribution < 1.29 is 18.0 Å². The molecule has 1 aliphatic heterocycles. The minimum Gasteiger partial charge on any atom is -0.366 e. The number of halogens is 3. The van der Waals surface area contributed by atoms with Crippen molar-refractivity contribution in [3.63, 3.8) is 0 Å². The third kappa shape index (κ3) is 2.92. The van der Waals surface area contributed by atoms with Crippen LogP contribution < -0.4 is 10.6 Å². The van der Waals surface area contributed by atoms with E-state index in [-0.39, 0.29) is 6.54 Å². The number of alkyl halides is 3. The van der Waals surface area contributed by atoms with E-state index < -0.39 is 17.6 Å². The van der Waals surface area contributed by atoms with Crippen LogP contribution in [0.15, 0.2) is 54.1 Å². The molecule has 3 rings (SSSR count). The summed E-state index contributed by atoms with van der Waals surface area (Å²) in [6.45, 7) is 0.133. The first-order valence-corrected chi connectivity index (χ1v) is 6.90. The van der Waals surface area contributed by atoms with Crippen LogP contribution in [0.2, 0.25) is 0 Å². The lowest BCUT2D eigenvalue weighted by molar-refractivity contribution is -0.137. The lowest BCUT2D eigenvalue weighted by Gasteiger charge is -2.31. The zero-order valence-corrected chi connectivity index (χ0v) is 12.0. The van der Waals surface area contributed by atoms with Crippen molar-refractivity contribution in [2.24, 2.45) is 5.73 Å². The number of hydrogen-bond donors (Lipinski definition) is 1. The third-order valence-electron chi connectivity index (χ3n) is 3.69. The molecule has 2 aromatic rings. The van der Waals surface area contributed by atoms with Crippen LogP contribution >= 0.6 is 0 Å². The molecule has 0 fully saturated rings. The molecule has 0 atom stereocenters. The van der Waals surface area contributed by atoms with Gasteiger partial charge in [-0.25, -0.2) is 0 Å². The summed E-state index contributed by atoms with van der Waals surface area (Å²) < 4.78 is 38.8. The second kappa shape index (κ2) is 5.46. The summed E-state index contributed by atoms with van der Waals surface area (Å²) in [6.07, 6.45) is -2.75. The summed E-state index contributed by atoms with van der Waals surface area (Å²) in [6, 6.07) is 12.2. The average molecular weight is 318 g/mol. The zero-order valence-electron chi connectivity index (χ0n) is 12.0. The summed E-state index contributed by atoms with van der Waals surface area (Å²) in [7, 11) is 0. The molecule has 0 aromatic heterocycles. The van der Waals surface area contributed by atoms with Gasteiger partial charge >= 0.3 is 6.18 Å². The van der Waals surface area contributed by atoms with Crippen molar-refractivity contribution >= 4 is 23.4 Å². The fourth-order valence-electron chi connectivity index (χ4n) is 2.57. The van der Waals surface area contributed by atoms with E-state index in [4.69, 9.17) is 5.73 Å². The zero-order chi connectivity index (χ0) is 16.6. The van der Waals surface area contributed by atoms with Crippen LogP contribution in [0.1, 0.15) is 11.1 Å². The number of rotatable bonds is 2. The Hall–Kier alpha value is -2.76. The number of fused-ring (bicyclic) bond motifs is 1. The molecular formula is C17H13F3N2O. The Labute approximate surface area is 130 Å². The Kier molecular flexibility index (Phi) is 3.60. The number of para-hydroxylation sites is 1. The third-order valence-corrected chi connectivity index (χ3v) is 3.69. The number of carbonyl (C=O) groups is 1. The molecule has 3 nitrogen and oxygen atoms in total. The molecule has 0 unspecified atom stereocenters. The van der Waals surface area contributed by atoms with Crippen LogP contribution in [-0.2, 0) is 11.0 Å². The Bertz CT molecular complexity index is 796. The van der Waals surface area contributed by atoms with E-state index in [1.807, 2.05) is 0 Å². The molecule has 1 amide bonds. The molecule has 0 aliphatic carbocycles. The van der Waals surface area contributed by atoms with Gasteiger partial charge in [0.15, 0.2) is 0 Å². The Morgan fingerprint density at radius 3 is 2.52 bits per heavy atom. The smallest absolute Gasteiger partial charge is 0.366 e. The van der Waals surface area contributed by atoms with E-state index in [0.29, 0.717) is 11.3 Å². The van der Waals surface area contributed by atoms with Crippen LogP contribution in [0, 0.1) is 0 Å². The quantitative estimate of drug-likeness (QED) is 0.917. The van der Waals surface area contributed by atoms with Crippen molar-refractivity contribution in [2.75, 3.05) is 11.4 Å². The largest absolute Gasteiger partial charge is 0.416 e. The van der Waals surface area contributed by atoms with Crippen LogP contribution in [0.3, 0.4) is 0 Å². The van der Waals surface area contributed by atoms with E-state index in [1.54, 1.807) is 41.3 Å². The first-order chi connectivity index (χ1) is 10.9. The molecule has 2 N–H and O–H groups in total. The highest BCUT2D eigenvalue weighted by Gasteiger charge is 2.31. The highest BCUT2D eigenvalue weighted by molar-refractivity contribution is 6.00. The maximum absolute atomic E-state index is 12.9. The number of carbonyl (C=O) groups excluding carboxylic acids is 1. The van der Waals surface area contributed by atoms with E-state index in [9.17, 15) is 18.0 Å². The Morgan fingerprint density at radius 2 is 1.83 bits per heavy atom. The molecule has 118 valence electrons. The normalized spacial score (nSPS) is 14.2. The Balaban J connectivity index is 2.10. The van der Waals surface area contributed by atoms with E-state index in [2.05, 4.69) is 0 Å². The first-order valence-electron chi connectivity index (χ1n) is 6.90. The monoisotopic (exact) mass is 318 g/mol. The minimum atomic E-state index is -4.42. The average Bonchev–Trinajstić information content (AvgIpc) is 2.53. The number of nitrogens with zero attached hydrogens (tertiary/aromatic N) is 1. The first kappa shape index (κ1) is 15.1. The second-order valence-corrected chi connectivity index (χ2v) is 5.23. The molecule has 23 heavy (non-hydrogen) atoms. The molecule has 0 radical (unpaired) electrons. The van der Waals surface area contributed by atoms with Gasteiger partial charge in [0.25, 0.3) is 0 Å². The standard InChI is InChI=1S/C17H13F3N2O/c18-17(19,20)13-5-3-6-14(9-13)22-10-12(16(21)23)8-11-4-1-2-7-15(11)22/h1-9H,10H2,(H2,21,23). The highest BCUT2D eigenvalue weighted by atomic mass is 19.4. The summed E-state index contributed by atoms with van der Waals surface area (Å²) in [4.78, 5) is 13.2. The minimum absolute atomic E-state index is 0.133. The molecule has 1 heterocycles. The van der Waals surface area contributed by atoms with E-state index >= 15 is 0 Å². The molecule has 6 heteroatoms. The number of hydrogen-bond acceptors (Lipinski definition) is 2. The molecule has 0 spiro atoms. The van der Waals surface area contributed by atoms with Crippen molar-refractivity contribution in [3.05, 3.63) is 65.2 Å². The second-order valence-electron chi connectivity index (χ2n) is 5.23. The van der Waals surface area contributed by atoms with Gasteiger partial charge in [0.05, 0.1) is 12.1 Å². The van der Waals surface area contributed by atoms with Gasteiger partial charge in [-0.3, -0.25) is 4.79 Å². The van der Waals surface area contributed by atoms with Crippen LogP contribution in [0.5, 0.6) is 0 Å². The number of amides is 1. The van der Waals surface area contributed by atoms with E-state index in [0.717, 1.165) is 23.4 Å². The fourth-order valence-corrected chi connectivity index (χ4v) is 2.57. The molecule has 2 aromatic carbocycles. The van der Waals surface area contributed by atoms with Gasteiger partial charge in [-0.1, -0.05) is 24.3 Å². The van der Waals surface area contributed by atoms with E-state index in [1.165, 1.54) is 6.07 Å². The van der Waals surface area contributed by atoms with Crippen LogP contribution in [-0.4, -0.2) is 12.5 Å². The van der Waals surface area contributed by atoms with Crippen LogP contribution in [0.4, 0.5) is 24.5 Å². The number of benzene rings is 2. The predicted molar refractivity (Wildman–Crippen MR) is 82.1 cm³/mol. The van der Waals surface area contributed by atoms with Crippen molar-refractivity contribution in [1.82, 2.24) is 0 Å². The number of anilines is 2. The van der Waals surface area contributed by atoms with Gasteiger partial charge in [-0.05, 0) is 35.9 Å². The van der Waals surface area contributed by atoms with Crippen molar-refractivity contribution in [3.8, 4) is 0 Å². The SMILES string of the molecule is NC(=O)C1=Cc2ccccc2N(c2cccc(C(F)(F)F)c2)C1. The fraction of sp³-hybridized carbons (Fsp3) is 0.118. The molecule has 0 saturated carbocycles. The molecule has 0 saturated heterocycles. The van der Waals surface area contributed by atoms with Gasteiger partial charge < -0.3 is 10.6 Å². The lowest BCUT2D eigenvalue weighted by atomic mass is 10.0. The van der Waals surface area contributed by atoms with Crippen LogP contribution in [0.25, 0.3) is 6.08 Å². The molecule has 0 bridgehead atoms. The van der Waals surface area contributed by atoms with Gasteiger partial charge in [-0.15, -0.1) is 0 Å². The number of nitrogens with two attached hydrogens (primary N) is 1. The van der Waals surface area contributed by atoms with Gasteiger partial charge in [-0.2, -0.15) is 13.2 Å². The van der Waals surface area contributed by atoms with Gasteiger partial charge in [0.2, 0.25) is 5.91 Å². The topological polar surface area (TPSA) is 46.3 Å². The predicted octanol–water partition coefficient (Wildman–Crippen LogP) is 3.73.